The van der Waals surface area contributed by atoms with Crippen LogP contribution in [0.5, 0.6) is 0 Å². The number of nitrogens with zero attached hydrogens (tertiary/aromatic N) is 7. The van der Waals surface area contributed by atoms with Crippen molar-refractivity contribution < 1.29 is 0 Å². The van der Waals surface area contributed by atoms with E-state index in [-0.39, 0.29) is 0 Å². The zero-order valence-corrected chi connectivity index (χ0v) is 43.8. The van der Waals surface area contributed by atoms with Crippen LogP contribution in [0.1, 0.15) is 0 Å². The molecule has 0 unspecified atom stereocenters. The van der Waals surface area contributed by atoms with Crippen molar-refractivity contribution in [3.8, 4) is 84.9 Å². The van der Waals surface area contributed by atoms with Crippen molar-refractivity contribution in [1.82, 2.24) is 33.6 Å². The van der Waals surface area contributed by atoms with Gasteiger partial charge in [-0.1, -0.05) is 206 Å². The predicted octanol–water partition coefficient (Wildman–Crippen LogP) is 18.6. The van der Waals surface area contributed by atoms with Gasteiger partial charge in [-0.2, -0.15) is 0 Å². The Kier molecular flexibility index (Phi) is 10.7. The van der Waals surface area contributed by atoms with Crippen LogP contribution in [-0.2, 0) is 0 Å². The van der Waals surface area contributed by atoms with Gasteiger partial charge in [-0.3, -0.25) is 0 Å². The number of para-hydroxylation sites is 4. The molecule has 0 atom stereocenters. The second-order valence-corrected chi connectivity index (χ2v) is 20.6. The Morgan fingerprint density at radius 1 is 0.210 bits per heavy atom. The Hall–Kier alpha value is -11.0. The van der Waals surface area contributed by atoms with E-state index in [9.17, 15) is 0 Å². The van der Waals surface area contributed by atoms with Gasteiger partial charge in [0, 0.05) is 77.1 Å². The smallest absolute Gasteiger partial charge is 0.160 e. The maximum Gasteiger partial charge on any atom is 0.160 e. The highest BCUT2D eigenvalue weighted by atomic mass is 15.0. The molecule has 0 fully saturated rings. The molecule has 378 valence electrons. The summed E-state index contributed by atoms with van der Waals surface area (Å²) < 4.78 is 7.27. The fourth-order valence-corrected chi connectivity index (χ4v) is 12.2. The van der Waals surface area contributed by atoms with Crippen molar-refractivity contribution in [2.75, 3.05) is 0 Å². The summed E-state index contributed by atoms with van der Waals surface area (Å²) >= 11 is 0. The Balaban J connectivity index is 1.02. The number of aromatic nitrogens is 7. The summed E-state index contributed by atoms with van der Waals surface area (Å²) in [5.74, 6) is 1.23. The highest BCUT2D eigenvalue weighted by Gasteiger charge is 2.24. The molecular weight excluding hydrogens is 987 g/mol. The van der Waals surface area contributed by atoms with Crippen LogP contribution >= 0.6 is 0 Å². The van der Waals surface area contributed by atoms with Crippen molar-refractivity contribution in [3.63, 3.8) is 0 Å². The van der Waals surface area contributed by atoms with Gasteiger partial charge in [-0.15, -0.1) is 0 Å². The van der Waals surface area contributed by atoms with Crippen molar-refractivity contribution in [2.24, 2.45) is 0 Å². The molecule has 16 rings (SSSR count). The Morgan fingerprint density at radius 2 is 0.543 bits per heavy atom. The highest BCUT2D eigenvalue weighted by molar-refractivity contribution is 6.14. The number of fused-ring (bicyclic) bond motifs is 9. The summed E-state index contributed by atoms with van der Waals surface area (Å²) in [6.07, 6.45) is 0. The van der Waals surface area contributed by atoms with Gasteiger partial charge in [-0.05, 0) is 78.9 Å². The lowest BCUT2D eigenvalue weighted by atomic mass is 10.0. The first-order valence-electron chi connectivity index (χ1n) is 27.4. The molecule has 16 aromatic rings. The third-order valence-electron chi connectivity index (χ3n) is 15.9. The molecule has 0 bridgehead atoms. The summed E-state index contributed by atoms with van der Waals surface area (Å²) in [6.45, 7) is 0. The molecule has 5 heterocycles. The van der Waals surface area contributed by atoms with Gasteiger partial charge in [0.05, 0.1) is 61.6 Å². The minimum Gasteiger partial charge on any atom is -0.309 e. The van der Waals surface area contributed by atoms with Gasteiger partial charge in [0.2, 0.25) is 0 Å². The van der Waals surface area contributed by atoms with E-state index in [1.54, 1.807) is 0 Å². The first kappa shape index (κ1) is 46.1. The molecule has 0 aliphatic heterocycles. The topological polar surface area (TPSA) is 66.3 Å². The van der Waals surface area contributed by atoms with Gasteiger partial charge < -0.3 is 13.7 Å². The standard InChI is InChI=1S/C74H47N7/c1-5-21-48(22-6-1)62-46-63(49-23-7-2-8-24-49)77-74(76-62)52-37-42-70(61(43-52)65-47-64(50-25-9-3-10-26-50)75-73(78-65)51-27-11-4-12-28-51)81-71-44-53(79-66-33-17-13-29-55(66)56-30-14-18-34-67(56)79)38-40-59(71)60-41-39-54(45-72(60)81)80-68-35-19-15-31-57(68)58-32-16-20-36-69(58)80/h1-47H. The molecule has 0 saturated carbocycles. The Bertz CT molecular complexity index is 4700. The van der Waals surface area contributed by atoms with Crippen LogP contribution in [-0.4, -0.2) is 33.6 Å². The summed E-state index contributed by atoms with van der Waals surface area (Å²) in [5.41, 5.74) is 18.7. The molecule has 0 aliphatic rings. The van der Waals surface area contributed by atoms with E-state index in [0.717, 1.165) is 117 Å². The molecule has 0 amide bonds. The third kappa shape index (κ3) is 7.74. The predicted molar refractivity (Wildman–Crippen MR) is 333 cm³/mol. The van der Waals surface area contributed by atoms with Crippen LogP contribution in [0.15, 0.2) is 285 Å². The lowest BCUT2D eigenvalue weighted by Crippen LogP contribution is -2.03. The summed E-state index contributed by atoms with van der Waals surface area (Å²) in [6, 6.07) is 101. The van der Waals surface area contributed by atoms with Crippen molar-refractivity contribution in [3.05, 3.63) is 285 Å². The molecule has 11 aromatic carbocycles. The normalized spacial score (nSPS) is 11.7. The van der Waals surface area contributed by atoms with Crippen LogP contribution in [0.25, 0.3) is 150 Å². The molecule has 0 N–H and O–H groups in total. The van der Waals surface area contributed by atoms with E-state index in [1.165, 1.54) is 21.5 Å². The van der Waals surface area contributed by atoms with E-state index >= 15 is 0 Å². The minimum atomic E-state index is 0.605. The van der Waals surface area contributed by atoms with Gasteiger partial charge in [-0.25, -0.2) is 19.9 Å². The molecule has 7 heteroatoms. The molecule has 0 spiro atoms. The molecular formula is C74H47N7. The quantitative estimate of drug-likeness (QED) is 0.144. The third-order valence-corrected chi connectivity index (χ3v) is 15.9. The summed E-state index contributed by atoms with van der Waals surface area (Å²) in [5, 5.41) is 7.10. The van der Waals surface area contributed by atoms with Crippen LogP contribution in [0.3, 0.4) is 0 Å². The fraction of sp³-hybridized carbons (Fsp3) is 0. The van der Waals surface area contributed by atoms with Crippen LogP contribution < -0.4 is 0 Å². The molecule has 0 radical (unpaired) electrons. The summed E-state index contributed by atoms with van der Waals surface area (Å²) in [4.78, 5) is 21.6. The average Bonchev–Trinajstić information content (AvgIpc) is 3.52. The van der Waals surface area contributed by atoms with Crippen molar-refractivity contribution in [2.45, 2.75) is 0 Å². The zero-order valence-electron chi connectivity index (χ0n) is 43.8. The van der Waals surface area contributed by atoms with Crippen LogP contribution in [0, 0.1) is 0 Å². The highest BCUT2D eigenvalue weighted by Crippen LogP contribution is 2.43. The minimum absolute atomic E-state index is 0.605. The SMILES string of the molecule is c1ccc(-c2cc(-c3ccccc3)nc(-c3ccc(-n4c5cc(-n6c7ccccc7c7ccccc76)ccc5c5ccc(-n6c7ccccc7c7ccccc76)cc54)c(-c4cc(-c5ccccc5)nc(-c5ccccc5)n4)c3)n2)cc1. The number of rotatable bonds is 9. The molecule has 0 aliphatic carbocycles. The second kappa shape index (κ2) is 18.9. The van der Waals surface area contributed by atoms with E-state index in [1.807, 2.05) is 36.4 Å². The Morgan fingerprint density at radius 3 is 0.963 bits per heavy atom. The zero-order chi connectivity index (χ0) is 53.4. The number of hydrogen-bond acceptors (Lipinski definition) is 4. The van der Waals surface area contributed by atoms with Crippen molar-refractivity contribution >= 4 is 65.4 Å². The van der Waals surface area contributed by atoms with Gasteiger partial charge in [0.25, 0.3) is 0 Å². The Labute approximate surface area is 466 Å². The van der Waals surface area contributed by atoms with Crippen LogP contribution in [0.2, 0.25) is 0 Å². The van der Waals surface area contributed by atoms with Crippen molar-refractivity contribution in [1.29, 1.82) is 0 Å². The largest absolute Gasteiger partial charge is 0.309 e. The fourth-order valence-electron chi connectivity index (χ4n) is 12.2. The summed E-state index contributed by atoms with van der Waals surface area (Å²) in [7, 11) is 0. The van der Waals surface area contributed by atoms with E-state index in [2.05, 4.69) is 262 Å². The van der Waals surface area contributed by atoms with Crippen LogP contribution in [0.4, 0.5) is 0 Å². The second-order valence-electron chi connectivity index (χ2n) is 20.6. The first-order valence-corrected chi connectivity index (χ1v) is 27.4. The monoisotopic (exact) mass is 1030 g/mol. The van der Waals surface area contributed by atoms with Gasteiger partial charge >= 0.3 is 0 Å². The molecule has 5 aromatic heterocycles. The first-order chi connectivity index (χ1) is 40.2. The molecule has 7 nitrogen and oxygen atoms in total. The lowest BCUT2D eigenvalue weighted by molar-refractivity contribution is 1.13. The maximum atomic E-state index is 5.57. The number of benzene rings is 11. The molecule has 0 saturated heterocycles. The van der Waals surface area contributed by atoms with E-state index < -0.39 is 0 Å². The van der Waals surface area contributed by atoms with E-state index in [0.29, 0.717) is 11.6 Å². The molecule has 81 heavy (non-hydrogen) atoms. The maximum absolute atomic E-state index is 5.57. The van der Waals surface area contributed by atoms with E-state index in [4.69, 9.17) is 19.9 Å². The van der Waals surface area contributed by atoms with Gasteiger partial charge in [0.15, 0.2) is 11.6 Å². The van der Waals surface area contributed by atoms with Gasteiger partial charge in [0.1, 0.15) is 0 Å². The number of hydrogen-bond donors (Lipinski definition) is 0. The average molecular weight is 1030 g/mol. The lowest BCUT2D eigenvalue weighted by Gasteiger charge is -2.18.